The first kappa shape index (κ1) is 13.5. The van der Waals surface area contributed by atoms with Crippen LogP contribution in [0.4, 0.5) is 0 Å². The summed E-state index contributed by atoms with van der Waals surface area (Å²) >= 11 is 0. The van der Waals surface area contributed by atoms with Gasteiger partial charge in [0.15, 0.2) is 0 Å². The summed E-state index contributed by atoms with van der Waals surface area (Å²) < 4.78 is 0. The highest BCUT2D eigenvalue weighted by Crippen LogP contribution is 2.16. The van der Waals surface area contributed by atoms with E-state index in [1.54, 1.807) is 0 Å². The van der Waals surface area contributed by atoms with E-state index in [0.29, 0.717) is 11.9 Å². The molecule has 94 valence electrons. The number of nitrogens with one attached hydrogen (secondary N) is 1. The summed E-state index contributed by atoms with van der Waals surface area (Å²) in [4.78, 5) is 14.3. The molecule has 1 N–H and O–H groups in total. The first-order valence-corrected chi connectivity index (χ1v) is 6.71. The van der Waals surface area contributed by atoms with Gasteiger partial charge in [0.25, 0.3) is 0 Å². The van der Waals surface area contributed by atoms with Gasteiger partial charge >= 0.3 is 0 Å². The number of carbonyl (C=O) groups is 1. The normalized spacial score (nSPS) is 23.2. The number of amides is 1. The molecule has 1 aliphatic heterocycles. The van der Waals surface area contributed by atoms with Crippen molar-refractivity contribution in [2.45, 2.75) is 52.5 Å². The van der Waals surface area contributed by atoms with Gasteiger partial charge in [-0.25, -0.2) is 0 Å². The number of nitrogens with zero attached hydrogens (tertiary/aromatic N) is 1. The summed E-state index contributed by atoms with van der Waals surface area (Å²) in [5, 5.41) is 3.37. The fraction of sp³-hybridized carbons (Fsp3) is 0.923. The molecule has 0 aromatic carbocycles. The number of unbranched alkanes of at least 4 members (excludes halogenated alkanes) is 1. The zero-order chi connectivity index (χ0) is 12.0. The van der Waals surface area contributed by atoms with Crippen LogP contribution in [0, 0.1) is 5.92 Å². The quantitative estimate of drug-likeness (QED) is 0.778. The molecule has 0 saturated carbocycles. The average Bonchev–Trinajstić information content (AvgIpc) is 2.29. The molecular formula is C13H26N2O. The van der Waals surface area contributed by atoms with E-state index in [1.807, 2.05) is 4.90 Å². The lowest BCUT2D eigenvalue weighted by Gasteiger charge is -2.34. The second-order valence-corrected chi connectivity index (χ2v) is 4.89. The number of rotatable bonds is 5. The zero-order valence-corrected chi connectivity index (χ0v) is 11.0. The third-order valence-corrected chi connectivity index (χ3v) is 3.43. The van der Waals surface area contributed by atoms with E-state index in [2.05, 4.69) is 26.1 Å². The molecule has 0 unspecified atom stereocenters. The highest BCUT2D eigenvalue weighted by Gasteiger charge is 2.25. The fourth-order valence-electron chi connectivity index (χ4n) is 2.34. The molecule has 0 aromatic rings. The van der Waals surface area contributed by atoms with Crippen molar-refractivity contribution in [1.29, 1.82) is 0 Å². The SMILES string of the molecule is CCCC[C@H](CC)C(=O)N1CCN[C@@H](C)C1. The van der Waals surface area contributed by atoms with Crippen molar-refractivity contribution >= 4 is 5.91 Å². The molecule has 16 heavy (non-hydrogen) atoms. The number of piperazine rings is 1. The van der Waals surface area contributed by atoms with E-state index in [1.165, 1.54) is 12.8 Å². The molecule has 3 heteroatoms. The molecule has 2 atom stereocenters. The topological polar surface area (TPSA) is 32.3 Å². The second-order valence-electron chi connectivity index (χ2n) is 4.89. The average molecular weight is 226 g/mol. The maximum Gasteiger partial charge on any atom is 0.225 e. The molecule has 1 saturated heterocycles. The van der Waals surface area contributed by atoms with Gasteiger partial charge < -0.3 is 10.2 Å². The Bertz CT molecular complexity index is 218. The number of hydrogen-bond acceptors (Lipinski definition) is 2. The highest BCUT2D eigenvalue weighted by molar-refractivity contribution is 5.79. The predicted octanol–water partition coefficient (Wildman–Crippen LogP) is 2.02. The van der Waals surface area contributed by atoms with Crippen LogP contribution in [0.1, 0.15) is 46.5 Å². The standard InChI is InChI=1S/C13H26N2O/c1-4-6-7-12(5-2)13(16)15-9-8-14-11(3)10-15/h11-12,14H,4-10H2,1-3H3/t11-,12-/m0/s1. The van der Waals surface area contributed by atoms with E-state index >= 15 is 0 Å². The Morgan fingerprint density at radius 1 is 1.50 bits per heavy atom. The first-order valence-electron chi connectivity index (χ1n) is 6.71. The minimum absolute atomic E-state index is 0.255. The predicted molar refractivity (Wildman–Crippen MR) is 67.4 cm³/mol. The van der Waals surface area contributed by atoms with Crippen molar-refractivity contribution in [1.82, 2.24) is 10.2 Å². The van der Waals surface area contributed by atoms with E-state index in [-0.39, 0.29) is 5.92 Å². The zero-order valence-electron chi connectivity index (χ0n) is 11.0. The molecule has 3 nitrogen and oxygen atoms in total. The summed E-state index contributed by atoms with van der Waals surface area (Å²) in [5.74, 6) is 0.634. The van der Waals surface area contributed by atoms with Crippen LogP contribution in [0.3, 0.4) is 0 Å². The molecular weight excluding hydrogens is 200 g/mol. The highest BCUT2D eigenvalue weighted by atomic mass is 16.2. The monoisotopic (exact) mass is 226 g/mol. The van der Waals surface area contributed by atoms with Crippen LogP contribution in [-0.4, -0.2) is 36.5 Å². The molecule has 0 radical (unpaired) electrons. The van der Waals surface area contributed by atoms with Crippen LogP contribution < -0.4 is 5.32 Å². The summed E-state index contributed by atoms with van der Waals surface area (Å²) in [6.45, 7) is 9.16. The molecule has 1 rings (SSSR count). The van der Waals surface area contributed by atoms with Crippen LogP contribution in [0.25, 0.3) is 0 Å². The van der Waals surface area contributed by atoms with Crippen molar-refractivity contribution in [3.8, 4) is 0 Å². The van der Waals surface area contributed by atoms with E-state index in [4.69, 9.17) is 0 Å². The van der Waals surface area contributed by atoms with Crippen molar-refractivity contribution in [2.24, 2.45) is 5.92 Å². The second kappa shape index (κ2) is 6.89. The van der Waals surface area contributed by atoms with Crippen molar-refractivity contribution in [3.05, 3.63) is 0 Å². The van der Waals surface area contributed by atoms with Gasteiger partial charge in [-0.2, -0.15) is 0 Å². The number of carbonyl (C=O) groups excluding carboxylic acids is 1. The minimum Gasteiger partial charge on any atom is -0.340 e. The van der Waals surface area contributed by atoms with Crippen LogP contribution >= 0.6 is 0 Å². The third-order valence-electron chi connectivity index (χ3n) is 3.43. The fourth-order valence-corrected chi connectivity index (χ4v) is 2.34. The van der Waals surface area contributed by atoms with Gasteiger partial charge in [0.1, 0.15) is 0 Å². The molecule has 0 aliphatic carbocycles. The minimum atomic E-state index is 0.255. The summed E-state index contributed by atoms with van der Waals surface area (Å²) in [6.07, 6.45) is 4.40. The molecule has 1 amide bonds. The maximum atomic E-state index is 12.3. The lowest BCUT2D eigenvalue weighted by atomic mass is 9.97. The lowest BCUT2D eigenvalue weighted by Crippen LogP contribution is -2.52. The van der Waals surface area contributed by atoms with Gasteiger partial charge in [0.05, 0.1) is 0 Å². The first-order chi connectivity index (χ1) is 7.69. The molecule has 1 heterocycles. The molecule has 1 fully saturated rings. The number of hydrogen-bond donors (Lipinski definition) is 1. The van der Waals surface area contributed by atoms with Gasteiger partial charge in [-0.05, 0) is 19.8 Å². The Balaban J connectivity index is 2.46. The lowest BCUT2D eigenvalue weighted by molar-refractivity contribution is -0.137. The Morgan fingerprint density at radius 3 is 2.81 bits per heavy atom. The van der Waals surface area contributed by atoms with Gasteiger partial charge in [0, 0.05) is 31.6 Å². The Morgan fingerprint density at radius 2 is 2.25 bits per heavy atom. The Kier molecular flexibility index (Phi) is 5.81. The Labute approximate surface area is 99.6 Å². The third kappa shape index (κ3) is 3.78. The van der Waals surface area contributed by atoms with Crippen molar-refractivity contribution in [3.63, 3.8) is 0 Å². The van der Waals surface area contributed by atoms with Crippen LogP contribution in [-0.2, 0) is 4.79 Å². The van der Waals surface area contributed by atoms with Gasteiger partial charge in [0.2, 0.25) is 5.91 Å². The van der Waals surface area contributed by atoms with E-state index < -0.39 is 0 Å². The van der Waals surface area contributed by atoms with E-state index in [9.17, 15) is 4.79 Å². The van der Waals surface area contributed by atoms with Crippen molar-refractivity contribution < 1.29 is 4.79 Å². The summed E-state index contributed by atoms with van der Waals surface area (Å²) in [6, 6.07) is 0.446. The van der Waals surface area contributed by atoms with Crippen molar-refractivity contribution in [2.75, 3.05) is 19.6 Å². The molecule has 0 bridgehead atoms. The molecule has 0 aromatic heterocycles. The van der Waals surface area contributed by atoms with E-state index in [0.717, 1.165) is 32.5 Å². The summed E-state index contributed by atoms with van der Waals surface area (Å²) in [5.41, 5.74) is 0. The summed E-state index contributed by atoms with van der Waals surface area (Å²) in [7, 11) is 0. The van der Waals surface area contributed by atoms with Crippen LogP contribution in [0.2, 0.25) is 0 Å². The largest absolute Gasteiger partial charge is 0.340 e. The van der Waals surface area contributed by atoms with Gasteiger partial charge in [-0.15, -0.1) is 0 Å². The Hall–Kier alpha value is -0.570. The molecule has 1 aliphatic rings. The maximum absolute atomic E-state index is 12.3. The van der Waals surface area contributed by atoms with Crippen LogP contribution in [0.5, 0.6) is 0 Å². The smallest absolute Gasteiger partial charge is 0.225 e. The molecule has 0 spiro atoms. The van der Waals surface area contributed by atoms with Gasteiger partial charge in [-0.1, -0.05) is 26.7 Å². The van der Waals surface area contributed by atoms with Gasteiger partial charge in [-0.3, -0.25) is 4.79 Å². The van der Waals surface area contributed by atoms with Crippen LogP contribution in [0.15, 0.2) is 0 Å².